The summed E-state index contributed by atoms with van der Waals surface area (Å²) < 4.78 is 5.84. The van der Waals surface area contributed by atoms with Gasteiger partial charge in [-0.1, -0.05) is 0 Å². The van der Waals surface area contributed by atoms with Crippen LogP contribution in [0, 0.1) is 13.8 Å². The van der Waals surface area contributed by atoms with Gasteiger partial charge in [0.2, 0.25) is 0 Å². The van der Waals surface area contributed by atoms with Gasteiger partial charge in [-0.2, -0.15) is 0 Å². The fourth-order valence-corrected chi connectivity index (χ4v) is 2.88. The quantitative estimate of drug-likeness (QED) is 0.335. The summed E-state index contributed by atoms with van der Waals surface area (Å²) in [4.78, 5) is 27.3. The Bertz CT molecular complexity index is 753. The molecule has 4 N–H and O–H groups in total. The topological polar surface area (TPSA) is 97.2 Å². The highest BCUT2D eigenvalue weighted by Crippen LogP contribution is 2.28. The summed E-state index contributed by atoms with van der Waals surface area (Å²) in [6, 6.07) is 5.08. The van der Waals surface area contributed by atoms with Crippen LogP contribution in [-0.2, 0) is 0 Å². The summed E-state index contributed by atoms with van der Waals surface area (Å²) in [7, 11) is 1.56. The van der Waals surface area contributed by atoms with Gasteiger partial charge in [0, 0.05) is 16.8 Å². The maximum Gasteiger partial charge on any atom is 0.281 e. The molecule has 0 aliphatic rings. The first kappa shape index (κ1) is 16.3. The van der Waals surface area contributed by atoms with Crippen LogP contribution in [0.1, 0.15) is 37.7 Å². The maximum atomic E-state index is 12.7. The Hall–Kier alpha value is -2.12. The molecular formula is C15H16BrN3O3. The van der Waals surface area contributed by atoms with E-state index in [-0.39, 0.29) is 11.5 Å². The van der Waals surface area contributed by atoms with Gasteiger partial charge in [-0.3, -0.25) is 15.0 Å². The third-order valence-electron chi connectivity index (χ3n) is 3.44. The molecular weight excluding hydrogens is 350 g/mol. The molecule has 0 fully saturated rings. The molecule has 0 bridgehead atoms. The van der Waals surface area contributed by atoms with E-state index in [1.54, 1.807) is 39.2 Å². The summed E-state index contributed by atoms with van der Waals surface area (Å²) in [5.74, 6) is 5.15. The van der Waals surface area contributed by atoms with Gasteiger partial charge in [0.15, 0.2) is 5.78 Å². The van der Waals surface area contributed by atoms with Crippen LogP contribution in [0.25, 0.3) is 0 Å². The monoisotopic (exact) mass is 365 g/mol. The average Bonchev–Trinajstić information content (AvgIpc) is 2.80. The van der Waals surface area contributed by atoms with Gasteiger partial charge in [0.1, 0.15) is 11.4 Å². The lowest BCUT2D eigenvalue weighted by Gasteiger charge is -2.06. The van der Waals surface area contributed by atoms with Gasteiger partial charge in [-0.25, -0.2) is 5.84 Å². The van der Waals surface area contributed by atoms with E-state index in [1.165, 1.54) is 0 Å². The number of benzene rings is 1. The Morgan fingerprint density at radius 2 is 2.00 bits per heavy atom. The van der Waals surface area contributed by atoms with Crippen LogP contribution in [0.5, 0.6) is 5.75 Å². The van der Waals surface area contributed by atoms with Crippen molar-refractivity contribution in [2.75, 3.05) is 7.11 Å². The number of ether oxygens (including phenoxy) is 1. The Kier molecular flexibility index (Phi) is 4.68. The van der Waals surface area contributed by atoms with E-state index >= 15 is 0 Å². The van der Waals surface area contributed by atoms with E-state index in [2.05, 4.69) is 26.3 Å². The minimum atomic E-state index is -0.462. The normalized spacial score (nSPS) is 10.4. The highest BCUT2D eigenvalue weighted by molar-refractivity contribution is 9.10. The number of methoxy groups -OCH3 is 1. The second-order valence-corrected chi connectivity index (χ2v) is 5.63. The van der Waals surface area contributed by atoms with E-state index in [4.69, 9.17) is 10.6 Å². The Labute approximate surface area is 136 Å². The molecule has 116 valence electrons. The molecule has 2 rings (SSSR count). The van der Waals surface area contributed by atoms with Crippen LogP contribution >= 0.6 is 15.9 Å². The molecule has 0 unspecified atom stereocenters. The molecule has 1 aromatic heterocycles. The minimum absolute atomic E-state index is 0.175. The number of amides is 1. The predicted octanol–water partition coefficient (Wildman–Crippen LogP) is 2.24. The molecule has 22 heavy (non-hydrogen) atoms. The van der Waals surface area contributed by atoms with Gasteiger partial charge in [0.05, 0.1) is 11.6 Å². The molecule has 0 saturated heterocycles. The number of hydrogen-bond acceptors (Lipinski definition) is 4. The minimum Gasteiger partial charge on any atom is -0.496 e. The molecule has 7 heteroatoms. The van der Waals surface area contributed by atoms with Crippen LogP contribution in [0.2, 0.25) is 0 Å². The van der Waals surface area contributed by atoms with Crippen molar-refractivity contribution in [2.24, 2.45) is 5.84 Å². The van der Waals surface area contributed by atoms with Crippen LogP contribution in [0.15, 0.2) is 22.7 Å². The summed E-state index contributed by atoms with van der Waals surface area (Å²) in [5.41, 5.74) is 4.50. The van der Waals surface area contributed by atoms with E-state index < -0.39 is 5.91 Å². The number of carbonyl (C=O) groups excluding carboxylic acids is 2. The number of nitrogens with two attached hydrogens (primary N) is 1. The van der Waals surface area contributed by atoms with E-state index in [0.29, 0.717) is 32.6 Å². The molecule has 0 radical (unpaired) electrons. The lowest BCUT2D eigenvalue weighted by Crippen LogP contribution is -2.30. The molecule has 1 aromatic carbocycles. The van der Waals surface area contributed by atoms with E-state index in [9.17, 15) is 9.59 Å². The second kappa shape index (κ2) is 6.33. The van der Waals surface area contributed by atoms with Crippen molar-refractivity contribution >= 4 is 27.6 Å². The number of nitrogen functional groups attached to an aromatic ring is 1. The first-order valence-corrected chi connectivity index (χ1v) is 7.28. The first-order chi connectivity index (χ1) is 10.4. The zero-order chi connectivity index (χ0) is 16.4. The zero-order valence-corrected chi connectivity index (χ0v) is 14.0. The number of carbonyl (C=O) groups is 2. The number of hydrogen-bond donors (Lipinski definition) is 3. The van der Waals surface area contributed by atoms with Crippen molar-refractivity contribution in [2.45, 2.75) is 13.8 Å². The molecule has 0 spiro atoms. The average molecular weight is 366 g/mol. The zero-order valence-electron chi connectivity index (χ0n) is 12.4. The highest BCUT2D eigenvalue weighted by atomic mass is 79.9. The molecule has 0 saturated carbocycles. The summed E-state index contributed by atoms with van der Waals surface area (Å²) in [6.45, 7) is 3.45. The smallest absolute Gasteiger partial charge is 0.281 e. The van der Waals surface area contributed by atoms with E-state index in [0.717, 1.165) is 0 Å². The molecule has 0 atom stereocenters. The number of halogens is 1. The van der Waals surface area contributed by atoms with Crippen molar-refractivity contribution in [1.29, 1.82) is 0 Å². The molecule has 0 aliphatic carbocycles. The molecule has 1 heterocycles. The first-order valence-electron chi connectivity index (χ1n) is 6.49. The van der Waals surface area contributed by atoms with Crippen LogP contribution < -0.4 is 16.0 Å². The van der Waals surface area contributed by atoms with Crippen molar-refractivity contribution in [3.63, 3.8) is 0 Å². The molecule has 0 aliphatic heterocycles. The number of ketones is 1. The standard InChI is InChI=1S/C15H16BrN3O3/c1-7-12(8(2)18-13(7)15(21)19-17)14(20)9-4-5-11(22-3)10(16)6-9/h4-6,18H,17H2,1-3H3,(H,19,21). The van der Waals surface area contributed by atoms with Crippen molar-refractivity contribution in [3.05, 3.63) is 50.8 Å². The second-order valence-electron chi connectivity index (χ2n) is 4.78. The van der Waals surface area contributed by atoms with Gasteiger partial charge in [-0.15, -0.1) is 0 Å². The van der Waals surface area contributed by atoms with E-state index in [1.807, 2.05) is 0 Å². The summed E-state index contributed by atoms with van der Waals surface area (Å²) in [5, 5.41) is 0. The Morgan fingerprint density at radius 3 is 2.55 bits per heavy atom. The Morgan fingerprint density at radius 1 is 1.32 bits per heavy atom. The van der Waals surface area contributed by atoms with Crippen LogP contribution in [-0.4, -0.2) is 23.8 Å². The van der Waals surface area contributed by atoms with Gasteiger partial charge >= 0.3 is 0 Å². The largest absolute Gasteiger partial charge is 0.496 e. The number of aromatic amines is 1. The number of aromatic nitrogens is 1. The SMILES string of the molecule is COc1ccc(C(=O)c2c(C)[nH]c(C(=O)NN)c2C)cc1Br. The maximum absolute atomic E-state index is 12.7. The Balaban J connectivity index is 2.48. The lowest BCUT2D eigenvalue weighted by molar-refractivity contribution is 0.0948. The molecule has 6 nitrogen and oxygen atoms in total. The lowest BCUT2D eigenvalue weighted by atomic mass is 9.99. The highest BCUT2D eigenvalue weighted by Gasteiger charge is 2.23. The van der Waals surface area contributed by atoms with Crippen LogP contribution in [0.3, 0.4) is 0 Å². The van der Waals surface area contributed by atoms with Crippen molar-refractivity contribution < 1.29 is 14.3 Å². The number of aryl methyl sites for hydroxylation is 1. The van der Waals surface area contributed by atoms with Gasteiger partial charge < -0.3 is 9.72 Å². The number of hydrazine groups is 1. The molecule has 1 amide bonds. The fraction of sp³-hybridized carbons (Fsp3) is 0.200. The number of rotatable bonds is 4. The summed E-state index contributed by atoms with van der Waals surface area (Å²) >= 11 is 3.36. The van der Waals surface area contributed by atoms with Gasteiger partial charge in [-0.05, 0) is 53.5 Å². The fourth-order valence-electron chi connectivity index (χ4n) is 2.34. The third kappa shape index (κ3) is 2.77. The van der Waals surface area contributed by atoms with Crippen LogP contribution in [0.4, 0.5) is 0 Å². The predicted molar refractivity (Wildman–Crippen MR) is 86.0 cm³/mol. The number of H-pyrrole nitrogens is 1. The summed E-state index contributed by atoms with van der Waals surface area (Å²) in [6.07, 6.45) is 0. The third-order valence-corrected chi connectivity index (χ3v) is 4.06. The molecule has 2 aromatic rings. The van der Waals surface area contributed by atoms with Crippen molar-refractivity contribution in [1.82, 2.24) is 10.4 Å². The number of nitrogens with one attached hydrogen (secondary N) is 2. The van der Waals surface area contributed by atoms with Crippen molar-refractivity contribution in [3.8, 4) is 5.75 Å². The van der Waals surface area contributed by atoms with Gasteiger partial charge in [0.25, 0.3) is 5.91 Å².